The summed E-state index contributed by atoms with van der Waals surface area (Å²) in [5.41, 5.74) is 0.211. The number of allylic oxidation sites excluding steroid dienone is 6. The average molecular weight is 149 g/mol. The van der Waals surface area contributed by atoms with Gasteiger partial charge in [-0.25, -0.2) is 0 Å². The maximum atomic E-state index is 10.0. The van der Waals surface area contributed by atoms with Crippen molar-refractivity contribution in [2.75, 3.05) is 0 Å². The molecule has 0 bridgehead atoms. The maximum absolute atomic E-state index is 10.0. The molecule has 0 aliphatic heterocycles. The number of nitrogens with zero attached hydrogens (tertiary/aromatic N) is 1. The molecule has 0 atom stereocenters. The molecule has 0 aromatic rings. The lowest BCUT2D eigenvalue weighted by Crippen LogP contribution is -1.78. The normalized spacial score (nSPS) is 31.6. The summed E-state index contributed by atoms with van der Waals surface area (Å²) >= 11 is 0. The zero-order valence-corrected chi connectivity index (χ0v) is 5.77. The summed E-state index contributed by atoms with van der Waals surface area (Å²) in [4.78, 5) is 10.0. The van der Waals surface area contributed by atoms with E-state index >= 15 is 0 Å². The summed E-state index contributed by atoms with van der Waals surface area (Å²) in [6.07, 6.45) is 9.35. The smallest absolute Gasteiger partial charge is 0.117 e. The van der Waals surface area contributed by atoms with Gasteiger partial charge in [-0.2, -0.15) is 0 Å². The Labute approximate surface area is 64.0 Å². The Bertz CT molecular complexity index is 272. The van der Waals surface area contributed by atoms with Crippen molar-refractivity contribution in [3.8, 4) is 0 Å². The molecule has 0 fully saturated rings. The fourth-order valence-electron chi connectivity index (χ4n) is 0.677. The molecule has 11 heavy (non-hydrogen) atoms. The zero-order chi connectivity index (χ0) is 8.10. The SMILES string of the molecule is O=NC1=C/C=C\C=C/C(O)=C\1. The van der Waals surface area contributed by atoms with Crippen molar-refractivity contribution >= 4 is 0 Å². The van der Waals surface area contributed by atoms with E-state index in [0.717, 1.165) is 0 Å². The largest absolute Gasteiger partial charge is 0.508 e. The van der Waals surface area contributed by atoms with Gasteiger partial charge in [0.05, 0.1) is 0 Å². The maximum Gasteiger partial charge on any atom is 0.117 e. The predicted octanol–water partition coefficient (Wildman–Crippen LogP) is 2.20. The molecule has 0 spiro atoms. The van der Waals surface area contributed by atoms with Crippen molar-refractivity contribution in [3.63, 3.8) is 0 Å². The van der Waals surface area contributed by atoms with Crippen molar-refractivity contribution < 1.29 is 5.11 Å². The monoisotopic (exact) mass is 149 g/mol. The summed E-state index contributed by atoms with van der Waals surface area (Å²) in [5, 5.41) is 11.7. The number of nitroso groups, excluding NO2 is 1. The summed E-state index contributed by atoms with van der Waals surface area (Å²) in [5.74, 6) is 0.0280. The first-order valence-electron chi connectivity index (χ1n) is 3.12. The summed E-state index contributed by atoms with van der Waals surface area (Å²) in [6, 6.07) is 0. The van der Waals surface area contributed by atoms with E-state index in [2.05, 4.69) is 5.18 Å². The lowest BCUT2D eigenvalue weighted by molar-refractivity contribution is 0.432. The van der Waals surface area contributed by atoms with E-state index in [0.29, 0.717) is 0 Å². The molecule has 3 heteroatoms. The number of rotatable bonds is 1. The third kappa shape index (κ3) is 2.21. The second-order valence-corrected chi connectivity index (χ2v) is 2.00. The van der Waals surface area contributed by atoms with Crippen LogP contribution in [0.1, 0.15) is 0 Å². The Hall–Kier alpha value is -1.64. The van der Waals surface area contributed by atoms with E-state index in [1.54, 1.807) is 18.2 Å². The average Bonchev–Trinajstić information content (AvgIpc) is 1.96. The molecule has 0 saturated heterocycles. The molecule has 3 nitrogen and oxygen atoms in total. The van der Waals surface area contributed by atoms with Gasteiger partial charge in [-0.1, -0.05) is 18.2 Å². The molecule has 1 aliphatic carbocycles. The Morgan fingerprint density at radius 2 is 2.09 bits per heavy atom. The molecule has 1 N–H and O–H groups in total. The van der Waals surface area contributed by atoms with E-state index in [9.17, 15) is 4.91 Å². The van der Waals surface area contributed by atoms with Crippen LogP contribution in [0.15, 0.2) is 53.1 Å². The molecule has 0 amide bonds. The van der Waals surface area contributed by atoms with Gasteiger partial charge in [0.15, 0.2) is 0 Å². The molecule has 56 valence electrons. The highest BCUT2D eigenvalue weighted by molar-refractivity contribution is 5.32. The van der Waals surface area contributed by atoms with Crippen LogP contribution in [-0.2, 0) is 0 Å². The van der Waals surface area contributed by atoms with Gasteiger partial charge < -0.3 is 5.11 Å². The number of aliphatic hydroxyl groups is 1. The van der Waals surface area contributed by atoms with Crippen molar-refractivity contribution in [3.05, 3.63) is 52.8 Å². The van der Waals surface area contributed by atoms with Gasteiger partial charge in [0, 0.05) is 6.08 Å². The van der Waals surface area contributed by atoms with Crippen LogP contribution in [0, 0.1) is 4.91 Å². The molecule has 0 radical (unpaired) electrons. The fraction of sp³-hybridized carbons (Fsp3) is 0. The molecule has 0 aromatic carbocycles. The van der Waals surface area contributed by atoms with E-state index in [4.69, 9.17) is 5.11 Å². The molecule has 0 aromatic heterocycles. The highest BCUT2D eigenvalue weighted by Crippen LogP contribution is 2.05. The Morgan fingerprint density at radius 3 is 2.82 bits per heavy atom. The molecule has 1 aliphatic rings. The first kappa shape index (κ1) is 7.47. The number of hydrogen-bond donors (Lipinski definition) is 1. The quantitative estimate of drug-likeness (QED) is 0.581. The van der Waals surface area contributed by atoms with Gasteiger partial charge in [0.25, 0.3) is 0 Å². The van der Waals surface area contributed by atoms with Crippen LogP contribution in [0.2, 0.25) is 0 Å². The highest BCUT2D eigenvalue weighted by Gasteiger charge is 1.93. The van der Waals surface area contributed by atoms with E-state index in [-0.39, 0.29) is 11.5 Å². The van der Waals surface area contributed by atoms with Crippen molar-refractivity contribution in [2.45, 2.75) is 0 Å². The number of aliphatic hydroxyl groups excluding tert-OH is 1. The van der Waals surface area contributed by atoms with E-state index in [1.807, 2.05) is 0 Å². The van der Waals surface area contributed by atoms with Crippen LogP contribution in [0.4, 0.5) is 0 Å². The van der Waals surface area contributed by atoms with Crippen LogP contribution in [-0.4, -0.2) is 5.11 Å². The fourth-order valence-corrected chi connectivity index (χ4v) is 0.677. The summed E-state index contributed by atoms with van der Waals surface area (Å²) < 4.78 is 0. The van der Waals surface area contributed by atoms with Gasteiger partial charge in [0.2, 0.25) is 0 Å². The lowest BCUT2D eigenvalue weighted by atomic mass is 10.2. The Morgan fingerprint density at radius 1 is 1.27 bits per heavy atom. The lowest BCUT2D eigenvalue weighted by Gasteiger charge is -1.91. The molecule has 0 heterocycles. The standard InChI is InChI=1S/C8H7NO2/c10-8-5-3-1-2-4-7(6-8)9-11/h1-6,10H/b2-1-,3-1?,4-2?,5-3-,7-4+,7-6?,8-5?,8-6+. The second-order valence-electron chi connectivity index (χ2n) is 2.00. The van der Waals surface area contributed by atoms with Crippen LogP contribution >= 0.6 is 0 Å². The first-order chi connectivity index (χ1) is 5.33. The van der Waals surface area contributed by atoms with Crippen LogP contribution in [0.5, 0.6) is 0 Å². The van der Waals surface area contributed by atoms with Gasteiger partial charge >= 0.3 is 0 Å². The van der Waals surface area contributed by atoms with Gasteiger partial charge in [-0.15, -0.1) is 4.91 Å². The highest BCUT2D eigenvalue weighted by atomic mass is 16.3. The first-order valence-corrected chi connectivity index (χ1v) is 3.12. The third-order valence-electron chi connectivity index (χ3n) is 1.16. The third-order valence-corrected chi connectivity index (χ3v) is 1.16. The molecular formula is C8H7NO2. The number of hydrogen-bond acceptors (Lipinski definition) is 3. The zero-order valence-electron chi connectivity index (χ0n) is 5.77. The Kier molecular flexibility index (Phi) is 2.38. The topological polar surface area (TPSA) is 49.7 Å². The van der Waals surface area contributed by atoms with Crippen molar-refractivity contribution in [1.82, 2.24) is 0 Å². The van der Waals surface area contributed by atoms with Gasteiger partial charge in [0.1, 0.15) is 11.5 Å². The minimum Gasteiger partial charge on any atom is -0.508 e. The van der Waals surface area contributed by atoms with E-state index < -0.39 is 0 Å². The van der Waals surface area contributed by atoms with Crippen LogP contribution in [0.25, 0.3) is 0 Å². The minimum absolute atomic E-state index is 0.0280. The molecule has 0 unspecified atom stereocenters. The van der Waals surface area contributed by atoms with Crippen LogP contribution in [0.3, 0.4) is 0 Å². The van der Waals surface area contributed by atoms with Crippen LogP contribution < -0.4 is 0 Å². The predicted molar refractivity (Wildman–Crippen MR) is 42.9 cm³/mol. The molecule has 0 saturated carbocycles. The molecular weight excluding hydrogens is 142 g/mol. The van der Waals surface area contributed by atoms with Crippen molar-refractivity contribution in [2.24, 2.45) is 5.18 Å². The van der Waals surface area contributed by atoms with E-state index in [1.165, 1.54) is 18.2 Å². The minimum atomic E-state index is 0.0280. The summed E-state index contributed by atoms with van der Waals surface area (Å²) in [7, 11) is 0. The van der Waals surface area contributed by atoms with Gasteiger partial charge in [-0.3, -0.25) is 0 Å². The Balaban J connectivity index is 2.95. The summed E-state index contributed by atoms with van der Waals surface area (Å²) in [6.45, 7) is 0. The second kappa shape index (κ2) is 3.51. The van der Waals surface area contributed by atoms with Crippen molar-refractivity contribution in [1.29, 1.82) is 0 Å². The molecule has 1 rings (SSSR count). The van der Waals surface area contributed by atoms with Gasteiger partial charge in [-0.05, 0) is 17.3 Å².